The summed E-state index contributed by atoms with van der Waals surface area (Å²) < 4.78 is 0. The van der Waals surface area contributed by atoms with Crippen molar-refractivity contribution in [1.82, 2.24) is 19.7 Å². The summed E-state index contributed by atoms with van der Waals surface area (Å²) in [6, 6.07) is 27.9. The van der Waals surface area contributed by atoms with E-state index in [0.29, 0.717) is 25.8 Å². The zero-order valence-corrected chi connectivity index (χ0v) is 28.2. The summed E-state index contributed by atoms with van der Waals surface area (Å²) in [5, 5.41) is 2.14. The fraction of sp³-hybridized carbons (Fsp3) is 0.333. The highest BCUT2D eigenvalue weighted by atomic mass is 16.2. The first-order valence-electron chi connectivity index (χ1n) is 16.1. The summed E-state index contributed by atoms with van der Waals surface area (Å²) in [6.45, 7) is 4.23. The number of carbonyl (C=O) groups excluding carboxylic acids is 3. The molecule has 0 aliphatic carbocycles. The maximum absolute atomic E-state index is 14.5. The number of nitrogens with two attached hydrogens (primary N) is 1. The number of likely N-dealkylation sites (N-methyl/N-ethyl adjacent to an activating group) is 3. The molecule has 4 aromatic rings. The summed E-state index contributed by atoms with van der Waals surface area (Å²) in [7, 11) is 5.07. The van der Waals surface area contributed by atoms with Crippen LogP contribution in [-0.4, -0.2) is 82.7 Å². The Labute approximate surface area is 278 Å². The summed E-state index contributed by atoms with van der Waals surface area (Å²) in [4.78, 5) is 51.1. The first-order valence-corrected chi connectivity index (χ1v) is 16.1. The van der Waals surface area contributed by atoms with Crippen molar-refractivity contribution in [1.29, 1.82) is 0 Å². The van der Waals surface area contributed by atoms with Gasteiger partial charge in [-0.1, -0.05) is 84.9 Å². The van der Waals surface area contributed by atoms with Gasteiger partial charge in [0.05, 0.1) is 0 Å². The molecule has 0 saturated carbocycles. The maximum Gasteiger partial charge on any atom is 0.246 e. The van der Waals surface area contributed by atoms with Crippen molar-refractivity contribution in [2.75, 3.05) is 27.7 Å². The van der Waals surface area contributed by atoms with Gasteiger partial charge in [0.2, 0.25) is 17.7 Å². The van der Waals surface area contributed by atoms with Crippen molar-refractivity contribution in [2.45, 2.75) is 57.2 Å². The molecule has 4 rings (SSSR count). The van der Waals surface area contributed by atoms with E-state index in [2.05, 4.69) is 11.1 Å². The summed E-state index contributed by atoms with van der Waals surface area (Å²) in [6.07, 6.45) is 6.68. The third-order valence-electron chi connectivity index (χ3n) is 8.43. The van der Waals surface area contributed by atoms with Crippen LogP contribution in [0.15, 0.2) is 109 Å². The van der Waals surface area contributed by atoms with Gasteiger partial charge in [-0.2, -0.15) is 0 Å². The number of aromatic nitrogens is 1. The molecule has 246 valence electrons. The Morgan fingerprint density at radius 1 is 0.766 bits per heavy atom. The van der Waals surface area contributed by atoms with E-state index in [0.717, 1.165) is 27.6 Å². The third kappa shape index (κ3) is 10.1. The molecular weight excluding hydrogens is 586 g/mol. The number of amides is 3. The van der Waals surface area contributed by atoms with Gasteiger partial charge < -0.3 is 20.4 Å². The van der Waals surface area contributed by atoms with Gasteiger partial charge in [-0.15, -0.1) is 0 Å². The van der Waals surface area contributed by atoms with Crippen LogP contribution in [0, 0.1) is 0 Å². The molecule has 0 aliphatic heterocycles. The summed E-state index contributed by atoms with van der Waals surface area (Å²) >= 11 is 0. The predicted molar refractivity (Wildman–Crippen MR) is 189 cm³/mol. The van der Waals surface area contributed by atoms with Crippen LogP contribution < -0.4 is 5.73 Å². The van der Waals surface area contributed by atoms with Crippen molar-refractivity contribution in [2.24, 2.45) is 5.73 Å². The van der Waals surface area contributed by atoms with Gasteiger partial charge in [-0.05, 0) is 60.4 Å². The number of pyridine rings is 1. The molecule has 2 atom stereocenters. The number of rotatable bonds is 14. The highest BCUT2D eigenvalue weighted by Gasteiger charge is 2.36. The van der Waals surface area contributed by atoms with Gasteiger partial charge in [0, 0.05) is 64.4 Å². The second kappa shape index (κ2) is 16.1. The van der Waals surface area contributed by atoms with E-state index in [1.54, 1.807) is 38.3 Å². The number of nitrogens with zero attached hydrogens (tertiary/aromatic N) is 4. The van der Waals surface area contributed by atoms with Gasteiger partial charge in [-0.25, -0.2) is 0 Å². The zero-order chi connectivity index (χ0) is 34.0. The van der Waals surface area contributed by atoms with E-state index in [9.17, 15) is 14.4 Å². The Morgan fingerprint density at radius 2 is 1.40 bits per heavy atom. The van der Waals surface area contributed by atoms with Gasteiger partial charge >= 0.3 is 0 Å². The molecule has 3 aromatic carbocycles. The van der Waals surface area contributed by atoms with Crippen LogP contribution in [0.5, 0.6) is 0 Å². The molecule has 0 bridgehead atoms. The Morgan fingerprint density at radius 3 is 2.09 bits per heavy atom. The lowest BCUT2D eigenvalue weighted by Gasteiger charge is -2.36. The van der Waals surface area contributed by atoms with E-state index >= 15 is 0 Å². The largest absolute Gasteiger partial charge is 0.344 e. The van der Waals surface area contributed by atoms with Crippen LogP contribution >= 0.6 is 0 Å². The molecule has 0 unspecified atom stereocenters. The molecule has 2 N–H and O–H groups in total. The fourth-order valence-electron chi connectivity index (χ4n) is 5.52. The Balaban J connectivity index is 1.64. The highest BCUT2D eigenvalue weighted by molar-refractivity contribution is 5.95. The summed E-state index contributed by atoms with van der Waals surface area (Å²) in [5.41, 5.74) is 8.39. The Hall–Kier alpha value is -4.82. The van der Waals surface area contributed by atoms with E-state index in [-0.39, 0.29) is 24.1 Å². The Bertz CT molecular complexity index is 1670. The molecule has 0 radical (unpaired) electrons. The fourth-order valence-corrected chi connectivity index (χ4v) is 5.52. The monoisotopic (exact) mass is 633 g/mol. The minimum Gasteiger partial charge on any atom is -0.344 e. The first-order chi connectivity index (χ1) is 22.4. The number of benzene rings is 3. The van der Waals surface area contributed by atoms with Crippen molar-refractivity contribution in [3.05, 3.63) is 126 Å². The first kappa shape index (κ1) is 35.0. The van der Waals surface area contributed by atoms with Crippen LogP contribution in [0.4, 0.5) is 0 Å². The normalized spacial score (nSPS) is 12.9. The molecule has 0 spiro atoms. The smallest absolute Gasteiger partial charge is 0.246 e. The molecule has 0 aliphatic rings. The molecule has 1 aromatic heterocycles. The second-order valence-electron chi connectivity index (χ2n) is 12.9. The zero-order valence-electron chi connectivity index (χ0n) is 28.2. The number of hydrogen-bond acceptors (Lipinski definition) is 5. The summed E-state index contributed by atoms with van der Waals surface area (Å²) in [5.74, 6) is -0.793. The molecule has 0 saturated heterocycles. The van der Waals surface area contributed by atoms with Crippen LogP contribution in [0.1, 0.15) is 37.1 Å². The lowest BCUT2D eigenvalue weighted by atomic mass is 9.98. The average Bonchev–Trinajstić information content (AvgIpc) is 3.07. The third-order valence-corrected chi connectivity index (χ3v) is 8.43. The molecule has 0 fully saturated rings. The quantitative estimate of drug-likeness (QED) is 0.196. The van der Waals surface area contributed by atoms with Crippen molar-refractivity contribution >= 4 is 28.5 Å². The van der Waals surface area contributed by atoms with E-state index in [1.807, 2.05) is 98.8 Å². The predicted octanol–water partition coefficient (Wildman–Crippen LogP) is 5.06. The molecule has 8 nitrogen and oxygen atoms in total. The van der Waals surface area contributed by atoms with Crippen molar-refractivity contribution < 1.29 is 14.4 Å². The molecule has 8 heteroatoms. The highest BCUT2D eigenvalue weighted by Crippen LogP contribution is 2.21. The number of hydrogen-bond donors (Lipinski definition) is 1. The van der Waals surface area contributed by atoms with Crippen LogP contribution in [0.3, 0.4) is 0 Å². The second-order valence-corrected chi connectivity index (χ2v) is 12.9. The van der Waals surface area contributed by atoms with Crippen LogP contribution in [0.2, 0.25) is 0 Å². The lowest BCUT2D eigenvalue weighted by molar-refractivity contribution is -0.148. The minimum absolute atomic E-state index is 0.177. The van der Waals surface area contributed by atoms with Crippen molar-refractivity contribution in [3.8, 4) is 0 Å². The van der Waals surface area contributed by atoms with Gasteiger partial charge in [0.1, 0.15) is 12.1 Å². The molecule has 3 amide bonds. The molecular formula is C39H47N5O3. The van der Waals surface area contributed by atoms with Gasteiger partial charge in [-0.3, -0.25) is 19.4 Å². The van der Waals surface area contributed by atoms with Gasteiger partial charge in [0.15, 0.2) is 0 Å². The standard InChI is InChI=1S/C39H47N5O3/c1-39(2,40)23-13-19-36(45)43(4)35(28-30-20-21-31-16-9-10-17-32(31)26-30)38(47)44(5)34(27-29-14-7-6-8-15-29)37(46)42(3)25-22-33-18-11-12-24-41-33/h6-21,24,26,34-35H,22-23,25,27-28,40H2,1-5H3/b19-13+/t34-,35-/m1/s1. The van der Waals surface area contributed by atoms with Crippen LogP contribution in [0.25, 0.3) is 10.8 Å². The number of carbonyl (C=O) groups is 3. The van der Waals surface area contributed by atoms with E-state index < -0.39 is 17.6 Å². The maximum atomic E-state index is 14.5. The van der Waals surface area contributed by atoms with E-state index in [4.69, 9.17) is 5.73 Å². The number of fused-ring (bicyclic) bond motifs is 1. The SMILES string of the molecule is CN(CCc1ccccn1)C(=O)[C@@H](Cc1ccccc1)N(C)C(=O)[C@@H](Cc1ccc2ccccc2c1)N(C)C(=O)/C=C/CC(C)(C)N. The van der Waals surface area contributed by atoms with E-state index in [1.165, 1.54) is 15.9 Å². The average molecular weight is 634 g/mol. The Kier molecular flexibility index (Phi) is 12.0. The molecule has 1 heterocycles. The minimum atomic E-state index is -0.853. The van der Waals surface area contributed by atoms with Gasteiger partial charge in [0.25, 0.3) is 0 Å². The lowest BCUT2D eigenvalue weighted by Crippen LogP contribution is -2.56. The topological polar surface area (TPSA) is 99.8 Å². The molecule has 47 heavy (non-hydrogen) atoms. The van der Waals surface area contributed by atoms with Crippen molar-refractivity contribution in [3.63, 3.8) is 0 Å². The van der Waals surface area contributed by atoms with Crippen LogP contribution in [-0.2, 0) is 33.6 Å².